The second kappa shape index (κ2) is 7.59. The molecule has 0 fully saturated rings. The minimum Gasteiger partial charge on any atom is -0.361 e. The van der Waals surface area contributed by atoms with Gasteiger partial charge in [-0.2, -0.15) is 13.5 Å². The van der Waals surface area contributed by atoms with Crippen LogP contribution in [0.5, 0.6) is 5.88 Å². The molecule has 29 heavy (non-hydrogen) atoms. The molecule has 0 bridgehead atoms. The van der Waals surface area contributed by atoms with Gasteiger partial charge in [-0.3, -0.25) is 4.79 Å². The number of hydrogen-bond donors (Lipinski definition) is 0. The van der Waals surface area contributed by atoms with Crippen molar-refractivity contribution in [3.8, 4) is 5.88 Å². The van der Waals surface area contributed by atoms with Crippen molar-refractivity contribution in [1.82, 2.24) is 9.78 Å². The Bertz CT molecular complexity index is 1060. The van der Waals surface area contributed by atoms with E-state index >= 15 is 0 Å². The molecule has 0 N–H and O–H groups in total. The van der Waals surface area contributed by atoms with Gasteiger partial charge in [-0.25, -0.2) is 4.68 Å². The van der Waals surface area contributed by atoms with E-state index in [2.05, 4.69) is 18.9 Å². The number of hydrogen-bond acceptors (Lipinski definition) is 5. The van der Waals surface area contributed by atoms with E-state index in [1.54, 1.807) is 0 Å². The summed E-state index contributed by atoms with van der Waals surface area (Å²) in [5.74, 6) is -0.440. The van der Waals surface area contributed by atoms with Crippen molar-refractivity contribution in [1.29, 1.82) is 0 Å². The molecule has 0 spiro atoms. The Morgan fingerprint density at radius 3 is 2.55 bits per heavy atom. The number of aryl methyl sites for hydroxylation is 2. The molecule has 1 heterocycles. The zero-order valence-corrected chi connectivity index (χ0v) is 18.9. The third kappa shape index (κ3) is 3.84. The van der Waals surface area contributed by atoms with E-state index in [9.17, 15) is 13.2 Å². The molecule has 2 aromatic rings. The van der Waals surface area contributed by atoms with Gasteiger partial charge in [0.15, 0.2) is 5.78 Å². The monoisotopic (exact) mass is 418 g/mol. The average Bonchev–Trinajstić information content (AvgIpc) is 3.05. The molecule has 0 amide bonds. The maximum atomic E-state index is 13.5. The first-order valence-electron chi connectivity index (χ1n) is 10.2. The molecule has 1 aliphatic rings. The first kappa shape index (κ1) is 21.6. The minimum absolute atomic E-state index is 0.00278. The Hall–Kier alpha value is -2.15. The van der Waals surface area contributed by atoms with Gasteiger partial charge in [0.25, 0.3) is 0 Å². The maximum absolute atomic E-state index is 13.5. The number of fused-ring (bicyclic) bond motifs is 1. The fraction of sp³-hybridized carbons (Fsp3) is 0.545. The summed E-state index contributed by atoms with van der Waals surface area (Å²) in [5.41, 5.74) is 5.42. The fourth-order valence-corrected chi connectivity index (χ4v) is 4.98. The van der Waals surface area contributed by atoms with E-state index in [0.717, 1.165) is 30.4 Å². The molecule has 0 aliphatic heterocycles. The Morgan fingerprint density at radius 1 is 1.24 bits per heavy atom. The summed E-state index contributed by atoms with van der Waals surface area (Å²) in [6.07, 6.45) is 4.65. The van der Waals surface area contributed by atoms with Gasteiger partial charge in [-0.1, -0.05) is 13.8 Å². The molecule has 0 atom stereocenters. The van der Waals surface area contributed by atoms with Crippen molar-refractivity contribution in [2.75, 3.05) is 5.75 Å². The van der Waals surface area contributed by atoms with Gasteiger partial charge in [0.1, 0.15) is 5.56 Å². The van der Waals surface area contributed by atoms with Crippen LogP contribution in [0.25, 0.3) is 0 Å². The molecule has 0 saturated carbocycles. The third-order valence-corrected chi connectivity index (χ3v) is 7.08. The van der Waals surface area contributed by atoms with Crippen LogP contribution in [0.1, 0.15) is 78.7 Å². The Kier molecular flexibility index (Phi) is 5.64. The van der Waals surface area contributed by atoms with Crippen molar-refractivity contribution in [3.05, 3.63) is 45.6 Å². The van der Waals surface area contributed by atoms with Crippen molar-refractivity contribution in [2.24, 2.45) is 0 Å². The SMILES string of the molecule is CCn1ncc(C(=O)c2cc(C)c3c(c2C)C(C)(C)CCC3)c1OS(=O)(=O)CC. The predicted molar refractivity (Wildman–Crippen MR) is 113 cm³/mol. The summed E-state index contributed by atoms with van der Waals surface area (Å²) in [4.78, 5) is 13.5. The van der Waals surface area contributed by atoms with E-state index in [1.807, 2.05) is 26.8 Å². The standard InChI is InChI=1S/C22H30N2O4S/c1-7-24-21(28-29(26,27)8-2)18(13-23-24)20(25)17-12-14(3)16-10-9-11-22(5,6)19(16)15(17)4/h12-13H,7-11H2,1-6H3. The molecule has 1 aromatic carbocycles. The topological polar surface area (TPSA) is 78.3 Å². The Labute approximate surface area is 173 Å². The van der Waals surface area contributed by atoms with Crippen molar-refractivity contribution >= 4 is 15.9 Å². The zero-order valence-electron chi connectivity index (χ0n) is 18.1. The summed E-state index contributed by atoms with van der Waals surface area (Å²) in [7, 11) is -3.78. The van der Waals surface area contributed by atoms with E-state index in [0.29, 0.717) is 12.1 Å². The lowest BCUT2D eigenvalue weighted by Crippen LogP contribution is -2.27. The molecule has 7 heteroatoms. The molecule has 3 rings (SSSR count). The molecule has 0 radical (unpaired) electrons. The van der Waals surface area contributed by atoms with E-state index < -0.39 is 10.1 Å². The van der Waals surface area contributed by atoms with E-state index in [4.69, 9.17) is 4.18 Å². The molecular weight excluding hydrogens is 388 g/mol. The predicted octanol–water partition coefficient (Wildman–Crippen LogP) is 4.09. The summed E-state index contributed by atoms with van der Waals surface area (Å²) in [6.45, 7) is 12.2. The van der Waals surface area contributed by atoms with Crippen LogP contribution in [-0.4, -0.2) is 29.7 Å². The molecule has 1 aliphatic carbocycles. The van der Waals surface area contributed by atoms with Crippen LogP contribution >= 0.6 is 0 Å². The second-order valence-corrected chi connectivity index (χ2v) is 10.3. The lowest BCUT2D eigenvalue weighted by molar-refractivity contribution is 0.103. The van der Waals surface area contributed by atoms with Crippen molar-refractivity contribution in [2.45, 2.75) is 72.8 Å². The summed E-state index contributed by atoms with van der Waals surface area (Å²) < 4.78 is 30.8. The van der Waals surface area contributed by atoms with Crippen LogP contribution in [0.3, 0.4) is 0 Å². The third-order valence-electron chi connectivity index (χ3n) is 5.96. The molecule has 6 nitrogen and oxygen atoms in total. The summed E-state index contributed by atoms with van der Waals surface area (Å²) in [5, 5.41) is 4.17. The van der Waals surface area contributed by atoms with Gasteiger partial charge in [-0.15, -0.1) is 0 Å². The normalized spacial score (nSPS) is 15.8. The highest BCUT2D eigenvalue weighted by atomic mass is 32.2. The molecule has 158 valence electrons. The molecule has 0 unspecified atom stereocenters. The Balaban J connectivity index is 2.16. The summed E-state index contributed by atoms with van der Waals surface area (Å²) in [6, 6.07) is 1.93. The van der Waals surface area contributed by atoms with Crippen LogP contribution in [0.2, 0.25) is 0 Å². The van der Waals surface area contributed by atoms with Crippen LogP contribution in [0, 0.1) is 13.8 Å². The number of ketones is 1. The van der Waals surface area contributed by atoms with E-state index in [1.165, 1.54) is 28.9 Å². The van der Waals surface area contributed by atoms with E-state index in [-0.39, 0.29) is 28.4 Å². The van der Waals surface area contributed by atoms with Crippen LogP contribution in [0.4, 0.5) is 0 Å². The lowest BCUT2D eigenvalue weighted by Gasteiger charge is -2.36. The number of benzene rings is 1. The smallest absolute Gasteiger partial charge is 0.310 e. The number of nitrogens with zero attached hydrogens (tertiary/aromatic N) is 2. The van der Waals surface area contributed by atoms with Crippen LogP contribution in [0.15, 0.2) is 12.3 Å². The largest absolute Gasteiger partial charge is 0.361 e. The van der Waals surface area contributed by atoms with Gasteiger partial charge >= 0.3 is 10.1 Å². The maximum Gasteiger partial charge on any atom is 0.310 e. The highest BCUT2D eigenvalue weighted by Crippen LogP contribution is 2.42. The molecule has 1 aromatic heterocycles. The van der Waals surface area contributed by atoms with Gasteiger partial charge in [0.05, 0.1) is 11.9 Å². The quantitative estimate of drug-likeness (QED) is 0.521. The van der Waals surface area contributed by atoms with Crippen LogP contribution in [-0.2, 0) is 28.5 Å². The van der Waals surface area contributed by atoms with Gasteiger partial charge < -0.3 is 4.18 Å². The first-order valence-corrected chi connectivity index (χ1v) is 11.8. The van der Waals surface area contributed by atoms with Crippen LogP contribution < -0.4 is 4.18 Å². The average molecular weight is 419 g/mol. The highest BCUT2D eigenvalue weighted by Gasteiger charge is 2.33. The first-order chi connectivity index (χ1) is 13.5. The fourth-order valence-electron chi connectivity index (χ4n) is 4.44. The second-order valence-electron chi connectivity index (χ2n) is 8.39. The zero-order chi connectivity index (χ0) is 21.6. The minimum atomic E-state index is -3.78. The highest BCUT2D eigenvalue weighted by molar-refractivity contribution is 7.87. The Morgan fingerprint density at radius 2 is 1.93 bits per heavy atom. The summed E-state index contributed by atoms with van der Waals surface area (Å²) >= 11 is 0. The van der Waals surface area contributed by atoms with Gasteiger partial charge in [0, 0.05) is 12.1 Å². The van der Waals surface area contributed by atoms with Gasteiger partial charge in [0.2, 0.25) is 5.88 Å². The number of rotatable bonds is 6. The van der Waals surface area contributed by atoms with Crippen molar-refractivity contribution < 1.29 is 17.4 Å². The lowest BCUT2D eigenvalue weighted by atomic mass is 9.68. The molecule has 0 saturated heterocycles. The number of carbonyl (C=O) groups excluding carboxylic acids is 1. The van der Waals surface area contributed by atoms with Crippen molar-refractivity contribution in [3.63, 3.8) is 0 Å². The van der Waals surface area contributed by atoms with Gasteiger partial charge in [-0.05, 0) is 80.7 Å². The number of aromatic nitrogens is 2. The molecular formula is C22H30N2O4S. The number of carbonyl (C=O) groups is 1.